The number of fused-ring (bicyclic) bond motifs is 1. The molecule has 2 unspecified atom stereocenters. The summed E-state index contributed by atoms with van der Waals surface area (Å²) in [5, 5.41) is 11.0. The molecule has 0 radical (unpaired) electrons. The molecule has 1 N–H and O–H groups in total. The number of rotatable bonds is 2. The summed E-state index contributed by atoms with van der Waals surface area (Å²) in [6.45, 7) is 0.760. The normalized spacial score (nSPS) is 26.6. The van der Waals surface area contributed by atoms with Crippen LogP contribution in [0.4, 0.5) is 0 Å². The van der Waals surface area contributed by atoms with Gasteiger partial charge >= 0.3 is 0 Å². The minimum Gasteiger partial charge on any atom is -0.493 e. The van der Waals surface area contributed by atoms with E-state index in [-0.39, 0.29) is 6.10 Å². The Balaban J connectivity index is 1.82. The average Bonchev–Trinajstić information content (AvgIpc) is 2.75. The quantitative estimate of drug-likeness (QED) is 0.836. The predicted octanol–water partition coefficient (Wildman–Crippen LogP) is 3.76. The summed E-state index contributed by atoms with van der Waals surface area (Å²) in [4.78, 5) is 0. The van der Waals surface area contributed by atoms with Crippen molar-refractivity contribution in [3.8, 4) is 5.75 Å². The van der Waals surface area contributed by atoms with E-state index in [1.165, 1.54) is 24.0 Å². The van der Waals surface area contributed by atoms with Crippen LogP contribution in [0.25, 0.3) is 0 Å². The van der Waals surface area contributed by atoms with Crippen molar-refractivity contribution in [3.05, 3.63) is 28.3 Å². The Hall–Kier alpha value is -0.730. The second kappa shape index (κ2) is 5.72. The van der Waals surface area contributed by atoms with Crippen molar-refractivity contribution >= 4 is 11.6 Å². The van der Waals surface area contributed by atoms with Crippen LogP contribution < -0.4 is 4.74 Å². The summed E-state index contributed by atoms with van der Waals surface area (Å²) < 4.78 is 5.75. The first-order valence-electron chi connectivity index (χ1n) is 7.36. The van der Waals surface area contributed by atoms with Crippen molar-refractivity contribution < 1.29 is 9.84 Å². The maximum atomic E-state index is 10.3. The molecular weight excluding hydrogens is 260 g/mol. The molecule has 2 aliphatic rings. The smallest absolute Gasteiger partial charge is 0.125 e. The van der Waals surface area contributed by atoms with E-state index in [0.717, 1.165) is 49.5 Å². The van der Waals surface area contributed by atoms with E-state index >= 15 is 0 Å². The van der Waals surface area contributed by atoms with E-state index in [0.29, 0.717) is 5.92 Å². The lowest BCUT2D eigenvalue weighted by Crippen LogP contribution is -2.21. The summed E-state index contributed by atoms with van der Waals surface area (Å²) in [5.74, 6) is 1.38. The standard InChI is InChI=1S/C16H21ClO2/c17-14-9-12-6-7-19-16(12)13(10-14)8-11-4-2-1-3-5-15(11)18/h9-11,15,18H,1-8H2. The van der Waals surface area contributed by atoms with Crippen LogP contribution in [0.3, 0.4) is 0 Å². The van der Waals surface area contributed by atoms with Crippen molar-refractivity contribution in [3.63, 3.8) is 0 Å². The molecule has 0 amide bonds. The van der Waals surface area contributed by atoms with Crippen molar-refractivity contribution in [2.45, 2.75) is 51.0 Å². The van der Waals surface area contributed by atoms with Crippen LogP contribution in [0.2, 0.25) is 5.02 Å². The number of hydrogen-bond acceptors (Lipinski definition) is 2. The topological polar surface area (TPSA) is 29.5 Å². The molecule has 1 fully saturated rings. The highest BCUT2D eigenvalue weighted by atomic mass is 35.5. The van der Waals surface area contributed by atoms with Gasteiger partial charge in [-0.05, 0) is 48.4 Å². The van der Waals surface area contributed by atoms with Gasteiger partial charge in [-0.2, -0.15) is 0 Å². The Morgan fingerprint density at radius 1 is 1.21 bits per heavy atom. The predicted molar refractivity (Wildman–Crippen MR) is 76.9 cm³/mol. The summed E-state index contributed by atoms with van der Waals surface area (Å²) in [5.41, 5.74) is 2.41. The zero-order valence-electron chi connectivity index (χ0n) is 11.2. The van der Waals surface area contributed by atoms with Gasteiger partial charge in [0.25, 0.3) is 0 Å². The Labute approximate surface area is 119 Å². The first-order chi connectivity index (χ1) is 9.24. The molecule has 1 saturated carbocycles. The van der Waals surface area contributed by atoms with Crippen LogP contribution in [0.1, 0.15) is 43.2 Å². The van der Waals surface area contributed by atoms with Crippen LogP contribution in [0.5, 0.6) is 5.75 Å². The first kappa shape index (κ1) is 13.3. The zero-order chi connectivity index (χ0) is 13.2. The summed E-state index contributed by atoms with van der Waals surface area (Å²) in [6, 6.07) is 4.03. The molecule has 0 spiro atoms. The SMILES string of the molecule is OC1CCCCCC1Cc1cc(Cl)cc2c1OCC2. The third-order valence-electron chi connectivity index (χ3n) is 4.43. The second-order valence-electron chi connectivity index (χ2n) is 5.82. The maximum Gasteiger partial charge on any atom is 0.125 e. The van der Waals surface area contributed by atoms with Crippen LogP contribution in [-0.2, 0) is 12.8 Å². The number of halogens is 1. The lowest BCUT2D eigenvalue weighted by molar-refractivity contribution is 0.100. The molecule has 3 heteroatoms. The molecule has 1 heterocycles. The molecule has 3 rings (SSSR count). The fourth-order valence-electron chi connectivity index (χ4n) is 3.38. The third kappa shape index (κ3) is 2.90. The van der Waals surface area contributed by atoms with E-state index in [2.05, 4.69) is 0 Å². The van der Waals surface area contributed by atoms with Crippen LogP contribution in [0.15, 0.2) is 12.1 Å². The molecule has 0 bridgehead atoms. The molecular formula is C16H21ClO2. The van der Waals surface area contributed by atoms with E-state index < -0.39 is 0 Å². The number of ether oxygens (including phenoxy) is 1. The summed E-state index contributed by atoms with van der Waals surface area (Å²) >= 11 is 6.20. The number of benzene rings is 1. The van der Waals surface area contributed by atoms with E-state index in [1.807, 2.05) is 12.1 Å². The van der Waals surface area contributed by atoms with Gasteiger partial charge in [-0.15, -0.1) is 0 Å². The largest absolute Gasteiger partial charge is 0.493 e. The molecule has 2 atom stereocenters. The fraction of sp³-hybridized carbons (Fsp3) is 0.625. The number of aliphatic hydroxyl groups is 1. The Bertz CT molecular complexity index is 458. The van der Waals surface area contributed by atoms with Gasteiger partial charge in [0.1, 0.15) is 5.75 Å². The molecule has 19 heavy (non-hydrogen) atoms. The van der Waals surface area contributed by atoms with E-state index in [4.69, 9.17) is 16.3 Å². The second-order valence-corrected chi connectivity index (χ2v) is 6.26. The zero-order valence-corrected chi connectivity index (χ0v) is 12.0. The Kier molecular flexibility index (Phi) is 3.99. The monoisotopic (exact) mass is 280 g/mol. The maximum absolute atomic E-state index is 10.3. The van der Waals surface area contributed by atoms with Crippen LogP contribution in [0, 0.1) is 5.92 Å². The highest BCUT2D eigenvalue weighted by Crippen LogP contribution is 2.36. The Morgan fingerprint density at radius 2 is 2.05 bits per heavy atom. The van der Waals surface area contributed by atoms with Gasteiger partial charge in [0.05, 0.1) is 12.7 Å². The van der Waals surface area contributed by atoms with Crippen LogP contribution in [-0.4, -0.2) is 17.8 Å². The average molecular weight is 281 g/mol. The van der Waals surface area contributed by atoms with Crippen molar-refractivity contribution in [1.82, 2.24) is 0 Å². The summed E-state index contributed by atoms with van der Waals surface area (Å²) in [6.07, 6.45) is 7.36. The molecule has 1 aromatic carbocycles. The number of aliphatic hydroxyl groups excluding tert-OH is 1. The van der Waals surface area contributed by atoms with Gasteiger partial charge in [-0.3, -0.25) is 0 Å². The fourth-order valence-corrected chi connectivity index (χ4v) is 3.65. The summed E-state index contributed by atoms with van der Waals surface area (Å²) in [7, 11) is 0. The minimum absolute atomic E-state index is 0.168. The highest BCUT2D eigenvalue weighted by molar-refractivity contribution is 6.30. The Morgan fingerprint density at radius 3 is 2.95 bits per heavy atom. The van der Waals surface area contributed by atoms with E-state index in [9.17, 15) is 5.11 Å². The van der Waals surface area contributed by atoms with Crippen molar-refractivity contribution in [2.75, 3.05) is 6.61 Å². The van der Waals surface area contributed by atoms with E-state index in [1.54, 1.807) is 0 Å². The lowest BCUT2D eigenvalue weighted by atomic mass is 9.89. The third-order valence-corrected chi connectivity index (χ3v) is 4.64. The molecule has 1 aliphatic carbocycles. The minimum atomic E-state index is -0.168. The van der Waals surface area contributed by atoms with Gasteiger partial charge < -0.3 is 9.84 Å². The molecule has 1 aliphatic heterocycles. The van der Waals surface area contributed by atoms with Gasteiger partial charge in [0.2, 0.25) is 0 Å². The molecule has 1 aromatic rings. The van der Waals surface area contributed by atoms with Gasteiger partial charge in [0, 0.05) is 11.4 Å². The van der Waals surface area contributed by atoms with Gasteiger partial charge in [-0.1, -0.05) is 30.9 Å². The molecule has 0 saturated heterocycles. The first-order valence-corrected chi connectivity index (χ1v) is 7.74. The molecule has 2 nitrogen and oxygen atoms in total. The van der Waals surface area contributed by atoms with Crippen molar-refractivity contribution in [2.24, 2.45) is 5.92 Å². The van der Waals surface area contributed by atoms with Crippen molar-refractivity contribution in [1.29, 1.82) is 0 Å². The van der Waals surface area contributed by atoms with Gasteiger partial charge in [-0.25, -0.2) is 0 Å². The molecule has 0 aromatic heterocycles. The lowest BCUT2D eigenvalue weighted by Gasteiger charge is -2.21. The highest BCUT2D eigenvalue weighted by Gasteiger charge is 2.25. The van der Waals surface area contributed by atoms with Gasteiger partial charge in [0.15, 0.2) is 0 Å². The molecule has 104 valence electrons. The number of hydrogen-bond donors (Lipinski definition) is 1. The van der Waals surface area contributed by atoms with Crippen LogP contribution >= 0.6 is 11.6 Å².